The highest BCUT2D eigenvalue weighted by Crippen LogP contribution is 2.34. The Morgan fingerprint density at radius 2 is 1.75 bits per heavy atom. The number of nitrogens with one attached hydrogen (secondary N) is 2. The number of hydrogen-bond donors (Lipinski definition) is 2. The van der Waals surface area contributed by atoms with Crippen LogP contribution < -0.4 is 20.3 Å². The summed E-state index contributed by atoms with van der Waals surface area (Å²) >= 11 is 0. The molecule has 0 spiro atoms. The van der Waals surface area contributed by atoms with Crippen molar-refractivity contribution in [3.05, 3.63) is 53.6 Å². The van der Waals surface area contributed by atoms with E-state index in [1.165, 1.54) is 44.6 Å². The summed E-state index contributed by atoms with van der Waals surface area (Å²) in [6, 6.07) is 9.32. The molecule has 0 atom stereocenters. The number of methoxy groups -OCH3 is 2. The highest BCUT2D eigenvalue weighted by atomic mass is 19.4. The number of carbonyl (C=O) groups is 1. The Hall–Kier alpha value is -2.90. The van der Waals surface area contributed by atoms with Crippen molar-refractivity contribution in [1.82, 2.24) is 5.43 Å². The van der Waals surface area contributed by atoms with Crippen molar-refractivity contribution in [2.75, 3.05) is 19.6 Å². The van der Waals surface area contributed by atoms with Crippen LogP contribution in [0.2, 0.25) is 0 Å². The fraction of sp³-hybridized carbons (Fsp3) is 0.188. The second-order valence-corrected chi connectivity index (χ2v) is 4.69. The lowest BCUT2D eigenvalue weighted by Gasteiger charge is -2.16. The molecule has 128 valence electrons. The zero-order valence-electron chi connectivity index (χ0n) is 12.9. The molecular formula is C16H15F3N2O3. The summed E-state index contributed by atoms with van der Waals surface area (Å²) in [4.78, 5) is 12.2. The number of rotatable bonds is 5. The Morgan fingerprint density at radius 3 is 2.38 bits per heavy atom. The topological polar surface area (TPSA) is 59.6 Å². The highest BCUT2D eigenvalue weighted by molar-refractivity contribution is 5.97. The van der Waals surface area contributed by atoms with Crippen LogP contribution in [0.25, 0.3) is 0 Å². The molecular weight excluding hydrogens is 325 g/mol. The zero-order valence-corrected chi connectivity index (χ0v) is 12.9. The lowest BCUT2D eigenvalue weighted by atomic mass is 10.1. The fourth-order valence-electron chi connectivity index (χ4n) is 2.02. The van der Waals surface area contributed by atoms with Gasteiger partial charge in [0, 0.05) is 6.07 Å². The smallest absolute Gasteiger partial charge is 0.418 e. The van der Waals surface area contributed by atoms with Gasteiger partial charge < -0.3 is 9.47 Å². The second-order valence-electron chi connectivity index (χ2n) is 4.69. The maximum absolute atomic E-state index is 12.9. The summed E-state index contributed by atoms with van der Waals surface area (Å²) in [6.45, 7) is 0. The molecule has 0 bridgehead atoms. The van der Waals surface area contributed by atoms with Crippen LogP contribution >= 0.6 is 0 Å². The lowest BCUT2D eigenvalue weighted by Crippen LogP contribution is -2.30. The Bertz CT molecular complexity index is 733. The first-order valence-corrected chi connectivity index (χ1v) is 6.81. The minimum atomic E-state index is -4.54. The molecule has 0 aliphatic carbocycles. The van der Waals surface area contributed by atoms with E-state index in [0.717, 1.165) is 6.07 Å². The third kappa shape index (κ3) is 3.89. The molecule has 0 saturated heterocycles. The van der Waals surface area contributed by atoms with Gasteiger partial charge >= 0.3 is 6.18 Å². The maximum atomic E-state index is 12.9. The molecule has 0 fully saturated rings. The first kappa shape index (κ1) is 17.5. The minimum absolute atomic E-state index is 0.148. The van der Waals surface area contributed by atoms with Gasteiger partial charge in [0.05, 0.1) is 31.0 Å². The number of halogens is 3. The third-order valence-electron chi connectivity index (χ3n) is 3.20. The summed E-state index contributed by atoms with van der Waals surface area (Å²) in [7, 11) is 2.84. The predicted octanol–water partition coefficient (Wildman–Crippen LogP) is 3.48. The van der Waals surface area contributed by atoms with Crippen LogP contribution in [-0.2, 0) is 6.18 Å². The number of hydrazine groups is 1. The third-order valence-corrected chi connectivity index (χ3v) is 3.20. The van der Waals surface area contributed by atoms with Gasteiger partial charge in [-0.25, -0.2) is 0 Å². The van der Waals surface area contributed by atoms with Gasteiger partial charge in [-0.15, -0.1) is 0 Å². The van der Waals surface area contributed by atoms with E-state index < -0.39 is 17.6 Å². The Balaban J connectivity index is 2.18. The average Bonchev–Trinajstić information content (AvgIpc) is 2.58. The van der Waals surface area contributed by atoms with Crippen LogP contribution in [0.5, 0.6) is 11.5 Å². The van der Waals surface area contributed by atoms with E-state index in [0.29, 0.717) is 5.75 Å². The number of benzene rings is 2. The predicted molar refractivity (Wildman–Crippen MR) is 82.1 cm³/mol. The van der Waals surface area contributed by atoms with Gasteiger partial charge in [-0.3, -0.25) is 15.6 Å². The van der Waals surface area contributed by atoms with Gasteiger partial charge in [0.1, 0.15) is 11.5 Å². The van der Waals surface area contributed by atoms with Crippen molar-refractivity contribution in [1.29, 1.82) is 0 Å². The maximum Gasteiger partial charge on any atom is 0.418 e. The number of para-hydroxylation sites is 1. The molecule has 24 heavy (non-hydrogen) atoms. The fourth-order valence-corrected chi connectivity index (χ4v) is 2.02. The standard InChI is InChI=1S/C16H15F3N2O3/c1-23-10-7-8-11(14(9-10)24-2)15(22)21-20-13-6-4-3-5-12(13)16(17,18)19/h3-9,20H,1-2H3,(H,21,22). The Morgan fingerprint density at radius 1 is 1.04 bits per heavy atom. The molecule has 0 aliphatic heterocycles. The SMILES string of the molecule is COc1ccc(C(=O)NNc2ccccc2C(F)(F)F)c(OC)c1. The number of anilines is 1. The molecule has 0 unspecified atom stereocenters. The zero-order chi connectivity index (χ0) is 17.7. The number of carbonyl (C=O) groups excluding carboxylic acids is 1. The summed E-state index contributed by atoms with van der Waals surface area (Å²) in [5.74, 6) is 0.0722. The number of alkyl halides is 3. The molecule has 2 rings (SSSR count). The molecule has 0 aliphatic rings. The van der Waals surface area contributed by atoms with E-state index in [4.69, 9.17) is 9.47 Å². The van der Waals surface area contributed by atoms with Gasteiger partial charge in [0.15, 0.2) is 0 Å². The molecule has 0 saturated carbocycles. The van der Waals surface area contributed by atoms with E-state index in [2.05, 4.69) is 10.9 Å². The summed E-state index contributed by atoms with van der Waals surface area (Å²) < 4.78 is 48.8. The quantitative estimate of drug-likeness (QED) is 0.818. The Kier molecular flexibility index (Phi) is 5.18. The molecule has 0 aromatic heterocycles. The summed E-state index contributed by atoms with van der Waals surface area (Å²) in [6.07, 6.45) is -4.54. The van der Waals surface area contributed by atoms with E-state index in [1.54, 1.807) is 6.07 Å². The highest BCUT2D eigenvalue weighted by Gasteiger charge is 2.33. The Labute approximate surface area is 136 Å². The largest absolute Gasteiger partial charge is 0.497 e. The molecule has 1 amide bonds. The van der Waals surface area contributed by atoms with E-state index in [9.17, 15) is 18.0 Å². The molecule has 5 nitrogen and oxygen atoms in total. The van der Waals surface area contributed by atoms with Gasteiger partial charge in [0.2, 0.25) is 0 Å². The minimum Gasteiger partial charge on any atom is -0.497 e. The molecule has 2 N–H and O–H groups in total. The van der Waals surface area contributed by atoms with Crippen molar-refractivity contribution in [2.45, 2.75) is 6.18 Å². The number of amides is 1. The monoisotopic (exact) mass is 340 g/mol. The van der Waals surface area contributed by atoms with E-state index in [-0.39, 0.29) is 17.0 Å². The van der Waals surface area contributed by atoms with Crippen molar-refractivity contribution < 1.29 is 27.4 Å². The van der Waals surface area contributed by atoms with Gasteiger partial charge in [-0.1, -0.05) is 12.1 Å². The van der Waals surface area contributed by atoms with Crippen LogP contribution in [0, 0.1) is 0 Å². The lowest BCUT2D eigenvalue weighted by molar-refractivity contribution is -0.137. The van der Waals surface area contributed by atoms with E-state index >= 15 is 0 Å². The van der Waals surface area contributed by atoms with Crippen LogP contribution in [-0.4, -0.2) is 20.1 Å². The van der Waals surface area contributed by atoms with Crippen molar-refractivity contribution >= 4 is 11.6 Å². The van der Waals surface area contributed by atoms with Crippen molar-refractivity contribution in [3.8, 4) is 11.5 Å². The van der Waals surface area contributed by atoms with Gasteiger partial charge in [-0.05, 0) is 24.3 Å². The second kappa shape index (κ2) is 7.12. The number of ether oxygens (including phenoxy) is 2. The van der Waals surface area contributed by atoms with Crippen LogP contribution in [0.3, 0.4) is 0 Å². The molecule has 2 aromatic rings. The molecule has 2 aromatic carbocycles. The average molecular weight is 340 g/mol. The van der Waals surface area contributed by atoms with E-state index in [1.807, 2.05) is 0 Å². The van der Waals surface area contributed by atoms with Crippen molar-refractivity contribution in [3.63, 3.8) is 0 Å². The van der Waals surface area contributed by atoms with Crippen molar-refractivity contribution in [2.24, 2.45) is 0 Å². The normalized spacial score (nSPS) is 10.9. The van der Waals surface area contributed by atoms with Crippen LogP contribution in [0.15, 0.2) is 42.5 Å². The van der Waals surface area contributed by atoms with Gasteiger partial charge in [-0.2, -0.15) is 13.2 Å². The number of hydrogen-bond acceptors (Lipinski definition) is 4. The first-order valence-electron chi connectivity index (χ1n) is 6.81. The summed E-state index contributed by atoms with van der Waals surface area (Å²) in [5, 5.41) is 0. The van der Waals surface area contributed by atoms with Crippen LogP contribution in [0.1, 0.15) is 15.9 Å². The van der Waals surface area contributed by atoms with Gasteiger partial charge in [0.25, 0.3) is 5.91 Å². The molecule has 8 heteroatoms. The summed E-state index contributed by atoms with van der Waals surface area (Å²) in [5.41, 5.74) is 3.53. The first-order chi connectivity index (χ1) is 11.4. The molecule has 0 heterocycles. The molecule has 0 radical (unpaired) electrons. The van der Waals surface area contributed by atoms with Crippen LogP contribution in [0.4, 0.5) is 18.9 Å².